The van der Waals surface area contributed by atoms with Crippen molar-refractivity contribution in [2.24, 2.45) is 0 Å². The first kappa shape index (κ1) is 20.8. The lowest BCUT2D eigenvalue weighted by molar-refractivity contribution is -0.155. The van der Waals surface area contributed by atoms with Gasteiger partial charge in [-0.15, -0.1) is 0 Å². The Kier molecular flexibility index (Phi) is 7.25. The highest BCUT2D eigenvalue weighted by molar-refractivity contribution is 6.31. The quantitative estimate of drug-likeness (QED) is 0.676. The number of carbonyl (C=O) groups is 2. The Hall–Kier alpha value is -2.53. The van der Waals surface area contributed by atoms with Crippen LogP contribution >= 0.6 is 11.6 Å². The van der Waals surface area contributed by atoms with Gasteiger partial charge < -0.3 is 14.8 Å². The first-order valence-corrected chi connectivity index (χ1v) is 9.23. The highest BCUT2D eigenvalue weighted by Crippen LogP contribution is 2.24. The van der Waals surface area contributed by atoms with Gasteiger partial charge >= 0.3 is 5.97 Å². The summed E-state index contributed by atoms with van der Waals surface area (Å²) < 4.78 is 10.8. The maximum Gasteiger partial charge on any atom is 0.347 e. The second-order valence-corrected chi connectivity index (χ2v) is 6.71. The van der Waals surface area contributed by atoms with E-state index in [0.29, 0.717) is 22.0 Å². The lowest BCUT2D eigenvalue weighted by atomic mass is 10.1. The van der Waals surface area contributed by atoms with Crippen molar-refractivity contribution >= 4 is 29.2 Å². The largest absolute Gasteiger partial charge is 0.479 e. The van der Waals surface area contributed by atoms with Crippen molar-refractivity contribution < 1.29 is 19.1 Å². The van der Waals surface area contributed by atoms with Crippen LogP contribution in [0.3, 0.4) is 0 Å². The molecule has 1 amide bonds. The van der Waals surface area contributed by atoms with Crippen molar-refractivity contribution in [2.45, 2.75) is 46.3 Å². The summed E-state index contributed by atoms with van der Waals surface area (Å²) in [4.78, 5) is 24.3. The van der Waals surface area contributed by atoms with Gasteiger partial charge in [-0.1, -0.05) is 24.6 Å². The van der Waals surface area contributed by atoms with Crippen molar-refractivity contribution in [1.82, 2.24) is 0 Å². The maximum absolute atomic E-state index is 12.4. The predicted molar refractivity (Wildman–Crippen MR) is 107 cm³/mol. The third-order valence-corrected chi connectivity index (χ3v) is 4.58. The molecule has 0 spiro atoms. The highest BCUT2D eigenvalue weighted by Gasteiger charge is 2.18. The van der Waals surface area contributed by atoms with E-state index >= 15 is 0 Å². The van der Waals surface area contributed by atoms with E-state index in [-0.39, 0.29) is 12.0 Å². The molecule has 0 saturated carbocycles. The Labute approximate surface area is 164 Å². The molecular formula is C21H24ClNO4. The van der Waals surface area contributed by atoms with Gasteiger partial charge in [0.15, 0.2) is 6.10 Å². The predicted octanol–water partition coefficient (Wildman–Crippen LogP) is 5.01. The van der Waals surface area contributed by atoms with E-state index in [4.69, 9.17) is 21.1 Å². The van der Waals surface area contributed by atoms with Crippen LogP contribution in [0.2, 0.25) is 5.02 Å². The Morgan fingerprint density at radius 1 is 1.11 bits per heavy atom. The zero-order valence-electron chi connectivity index (χ0n) is 15.9. The second kappa shape index (κ2) is 9.42. The molecule has 5 nitrogen and oxygen atoms in total. The molecule has 0 aliphatic rings. The van der Waals surface area contributed by atoms with E-state index in [2.05, 4.69) is 5.32 Å². The smallest absolute Gasteiger partial charge is 0.347 e. The minimum absolute atomic E-state index is 0.149. The van der Waals surface area contributed by atoms with E-state index in [1.165, 1.54) is 0 Å². The number of ether oxygens (including phenoxy) is 2. The number of anilines is 1. The summed E-state index contributed by atoms with van der Waals surface area (Å²) in [5, 5.41) is 3.43. The summed E-state index contributed by atoms with van der Waals surface area (Å²) in [5.41, 5.74) is 1.94. The van der Waals surface area contributed by atoms with Crippen LogP contribution in [0.4, 0.5) is 5.69 Å². The topological polar surface area (TPSA) is 64.6 Å². The van der Waals surface area contributed by atoms with Gasteiger partial charge in [-0.05, 0) is 69.2 Å². The average molecular weight is 390 g/mol. The summed E-state index contributed by atoms with van der Waals surface area (Å²) in [5.74, 6) is -0.183. The highest BCUT2D eigenvalue weighted by atomic mass is 35.5. The Morgan fingerprint density at radius 2 is 1.78 bits per heavy atom. The normalized spacial score (nSPS) is 12.8. The Balaban J connectivity index is 1.99. The minimum atomic E-state index is -0.729. The molecule has 0 fully saturated rings. The molecule has 0 aliphatic carbocycles. The SMILES string of the molecule is CC[C@H](C)OC(=O)[C@@H](C)Oc1ccc(C(=O)Nc2cccc(Cl)c2C)cc1. The number of nitrogens with one attached hydrogen (secondary N) is 1. The van der Waals surface area contributed by atoms with Crippen LogP contribution in [0.1, 0.15) is 43.1 Å². The summed E-state index contributed by atoms with van der Waals surface area (Å²) in [7, 11) is 0. The van der Waals surface area contributed by atoms with Crippen LogP contribution in [-0.2, 0) is 9.53 Å². The molecule has 2 aromatic rings. The van der Waals surface area contributed by atoms with Gasteiger partial charge in [0.05, 0.1) is 6.10 Å². The molecule has 0 aliphatic heterocycles. The summed E-state index contributed by atoms with van der Waals surface area (Å²) >= 11 is 6.07. The number of benzene rings is 2. The van der Waals surface area contributed by atoms with Gasteiger partial charge in [0.1, 0.15) is 5.75 Å². The van der Waals surface area contributed by atoms with Gasteiger partial charge in [-0.25, -0.2) is 4.79 Å². The molecule has 27 heavy (non-hydrogen) atoms. The second-order valence-electron chi connectivity index (χ2n) is 6.31. The number of esters is 1. The molecule has 0 aromatic heterocycles. The fourth-order valence-corrected chi connectivity index (χ4v) is 2.43. The lowest BCUT2D eigenvalue weighted by Gasteiger charge is -2.17. The van der Waals surface area contributed by atoms with Crippen LogP contribution in [0.15, 0.2) is 42.5 Å². The molecule has 0 radical (unpaired) electrons. The monoisotopic (exact) mass is 389 g/mol. The fourth-order valence-electron chi connectivity index (χ4n) is 2.25. The van der Waals surface area contributed by atoms with Crippen molar-refractivity contribution in [3.8, 4) is 5.75 Å². The molecular weight excluding hydrogens is 366 g/mol. The number of hydrogen-bond donors (Lipinski definition) is 1. The van der Waals surface area contributed by atoms with Gasteiger partial charge in [-0.3, -0.25) is 4.79 Å². The number of halogens is 1. The van der Waals surface area contributed by atoms with E-state index in [1.54, 1.807) is 49.4 Å². The van der Waals surface area contributed by atoms with Gasteiger partial charge in [0, 0.05) is 16.3 Å². The van der Waals surface area contributed by atoms with Gasteiger partial charge in [0.25, 0.3) is 5.91 Å². The Morgan fingerprint density at radius 3 is 2.41 bits per heavy atom. The molecule has 6 heteroatoms. The first-order chi connectivity index (χ1) is 12.8. The van der Waals surface area contributed by atoms with E-state index in [0.717, 1.165) is 12.0 Å². The van der Waals surface area contributed by atoms with Crippen LogP contribution < -0.4 is 10.1 Å². The zero-order valence-corrected chi connectivity index (χ0v) is 16.7. The van der Waals surface area contributed by atoms with Gasteiger partial charge in [-0.2, -0.15) is 0 Å². The molecule has 2 aromatic carbocycles. The van der Waals surface area contributed by atoms with Crippen LogP contribution in [0.5, 0.6) is 5.75 Å². The minimum Gasteiger partial charge on any atom is -0.479 e. The first-order valence-electron chi connectivity index (χ1n) is 8.85. The molecule has 2 rings (SSSR count). The molecule has 0 heterocycles. The average Bonchev–Trinajstić information content (AvgIpc) is 2.65. The third kappa shape index (κ3) is 5.73. The van der Waals surface area contributed by atoms with Crippen molar-refractivity contribution in [1.29, 1.82) is 0 Å². The van der Waals surface area contributed by atoms with Gasteiger partial charge in [0.2, 0.25) is 0 Å². The molecule has 2 atom stereocenters. The molecule has 0 unspecified atom stereocenters. The van der Waals surface area contributed by atoms with Crippen LogP contribution in [0.25, 0.3) is 0 Å². The molecule has 0 bridgehead atoms. The van der Waals surface area contributed by atoms with Crippen molar-refractivity contribution in [3.63, 3.8) is 0 Å². The third-order valence-electron chi connectivity index (χ3n) is 4.17. The number of carbonyl (C=O) groups excluding carboxylic acids is 2. The van der Waals surface area contributed by atoms with E-state index < -0.39 is 12.1 Å². The van der Waals surface area contributed by atoms with Crippen LogP contribution in [0, 0.1) is 6.92 Å². The van der Waals surface area contributed by atoms with E-state index in [9.17, 15) is 9.59 Å². The summed E-state index contributed by atoms with van der Waals surface area (Å²) in [6, 6.07) is 11.9. The lowest BCUT2D eigenvalue weighted by Crippen LogP contribution is -2.29. The Bertz CT molecular complexity index is 804. The van der Waals surface area contributed by atoms with Crippen molar-refractivity contribution in [2.75, 3.05) is 5.32 Å². The number of amides is 1. The van der Waals surface area contributed by atoms with E-state index in [1.807, 2.05) is 20.8 Å². The maximum atomic E-state index is 12.4. The molecule has 144 valence electrons. The van der Waals surface area contributed by atoms with Crippen LogP contribution in [-0.4, -0.2) is 24.1 Å². The number of rotatable bonds is 7. The molecule has 1 N–H and O–H groups in total. The molecule has 0 saturated heterocycles. The summed E-state index contributed by atoms with van der Waals surface area (Å²) in [6.45, 7) is 7.25. The standard InChI is InChI=1S/C21H24ClNO4/c1-5-13(2)26-21(25)15(4)27-17-11-9-16(10-12-17)20(24)23-19-8-6-7-18(22)14(19)3/h6-13,15H,5H2,1-4H3,(H,23,24)/t13-,15+/m0/s1. The summed E-state index contributed by atoms with van der Waals surface area (Å²) in [6.07, 6.45) is -0.133. The fraction of sp³-hybridized carbons (Fsp3) is 0.333. The zero-order chi connectivity index (χ0) is 20.0. The number of hydrogen-bond acceptors (Lipinski definition) is 4. The van der Waals surface area contributed by atoms with Crippen molar-refractivity contribution in [3.05, 3.63) is 58.6 Å².